The van der Waals surface area contributed by atoms with Gasteiger partial charge in [-0.25, -0.2) is 0 Å². The smallest absolute Gasteiger partial charge is 0.234 e. The maximum Gasteiger partial charge on any atom is 0.234 e. The molecule has 1 unspecified atom stereocenters. The second-order valence-corrected chi connectivity index (χ2v) is 5.39. The van der Waals surface area contributed by atoms with Gasteiger partial charge in [-0.15, -0.1) is 0 Å². The van der Waals surface area contributed by atoms with E-state index < -0.39 is 0 Å². The maximum atomic E-state index is 11.9. The first-order valence-corrected chi connectivity index (χ1v) is 7.56. The van der Waals surface area contributed by atoms with Crippen LogP contribution in [-0.4, -0.2) is 48.3 Å². The third kappa shape index (κ3) is 5.36. The van der Waals surface area contributed by atoms with Crippen molar-refractivity contribution in [2.24, 2.45) is 0 Å². The van der Waals surface area contributed by atoms with Gasteiger partial charge in [0.2, 0.25) is 5.91 Å². The van der Waals surface area contributed by atoms with Crippen LogP contribution >= 0.6 is 0 Å². The summed E-state index contributed by atoms with van der Waals surface area (Å²) < 4.78 is 5.44. The summed E-state index contributed by atoms with van der Waals surface area (Å²) in [4.78, 5) is 13.9. The average Bonchev–Trinajstić information content (AvgIpc) is 2.46. The zero-order valence-electron chi connectivity index (χ0n) is 12.5. The number of aliphatic hydroxyl groups is 1. The van der Waals surface area contributed by atoms with E-state index >= 15 is 0 Å². The van der Waals surface area contributed by atoms with Crippen LogP contribution in [0.2, 0.25) is 0 Å². The van der Waals surface area contributed by atoms with E-state index in [1.165, 1.54) is 0 Å². The topological polar surface area (TPSA) is 61.8 Å². The Bertz CT molecular complexity index is 465. The predicted molar refractivity (Wildman–Crippen MR) is 81.1 cm³/mol. The molecule has 5 heteroatoms. The minimum absolute atomic E-state index is 0.00841. The molecule has 0 spiro atoms. The highest BCUT2D eigenvalue weighted by atomic mass is 16.5. The fraction of sp³-hybridized carbons (Fsp3) is 0.562. The number of likely N-dealkylation sites (tertiary alicyclic amines) is 1. The highest BCUT2D eigenvalue weighted by molar-refractivity contribution is 5.78. The van der Waals surface area contributed by atoms with E-state index in [-0.39, 0.29) is 12.0 Å². The molecule has 116 valence electrons. The number of hydrogen-bond acceptors (Lipinski definition) is 4. The van der Waals surface area contributed by atoms with Crippen molar-refractivity contribution in [2.45, 2.75) is 32.4 Å². The highest BCUT2D eigenvalue weighted by Crippen LogP contribution is 2.13. The molecule has 0 aliphatic carbocycles. The normalized spacial score (nSPS) is 19.2. The van der Waals surface area contributed by atoms with E-state index in [4.69, 9.17) is 4.74 Å². The fourth-order valence-corrected chi connectivity index (χ4v) is 2.55. The van der Waals surface area contributed by atoms with E-state index in [9.17, 15) is 9.90 Å². The van der Waals surface area contributed by atoms with E-state index in [0.717, 1.165) is 30.7 Å². The van der Waals surface area contributed by atoms with Crippen LogP contribution in [0.3, 0.4) is 0 Å². The number of amides is 1. The molecule has 2 N–H and O–H groups in total. The van der Waals surface area contributed by atoms with Gasteiger partial charge in [-0.05, 0) is 44.0 Å². The third-order valence-corrected chi connectivity index (χ3v) is 3.55. The zero-order chi connectivity index (χ0) is 15.1. The number of ether oxygens (including phenoxy) is 1. The van der Waals surface area contributed by atoms with Crippen molar-refractivity contribution in [1.29, 1.82) is 0 Å². The Morgan fingerprint density at radius 1 is 1.52 bits per heavy atom. The molecular formula is C16H24N2O3. The molecule has 0 radical (unpaired) electrons. The lowest BCUT2D eigenvalue weighted by molar-refractivity contribution is -0.123. The molecule has 1 aliphatic rings. The summed E-state index contributed by atoms with van der Waals surface area (Å²) in [5, 5.41) is 12.5. The Morgan fingerprint density at radius 2 is 2.38 bits per heavy atom. The molecule has 2 rings (SSSR count). The molecule has 1 aromatic carbocycles. The number of benzene rings is 1. The van der Waals surface area contributed by atoms with Gasteiger partial charge in [-0.2, -0.15) is 0 Å². The number of aliphatic hydroxyl groups excluding tert-OH is 1. The van der Waals surface area contributed by atoms with E-state index in [0.29, 0.717) is 26.2 Å². The van der Waals surface area contributed by atoms with Crippen LogP contribution in [-0.2, 0) is 11.3 Å². The maximum absolute atomic E-state index is 11.9. The Kier molecular flexibility index (Phi) is 6.02. The van der Waals surface area contributed by atoms with Crippen LogP contribution in [0.5, 0.6) is 5.75 Å². The van der Waals surface area contributed by atoms with Crippen LogP contribution in [0.25, 0.3) is 0 Å². The van der Waals surface area contributed by atoms with Gasteiger partial charge in [-0.1, -0.05) is 12.1 Å². The van der Waals surface area contributed by atoms with Crippen LogP contribution in [0.15, 0.2) is 24.3 Å². The van der Waals surface area contributed by atoms with Gasteiger partial charge in [0.25, 0.3) is 0 Å². The SMILES string of the molecule is CCOc1cccc(CNC(=O)CN2CCCC(O)C2)c1. The number of nitrogens with zero attached hydrogens (tertiary/aromatic N) is 1. The quantitative estimate of drug-likeness (QED) is 0.826. The summed E-state index contributed by atoms with van der Waals surface area (Å²) in [7, 11) is 0. The molecule has 0 saturated carbocycles. The predicted octanol–water partition coefficient (Wildman–Crippen LogP) is 1.16. The first-order valence-electron chi connectivity index (χ1n) is 7.56. The second kappa shape index (κ2) is 8.00. The number of carbonyl (C=O) groups is 1. The number of β-amino-alcohol motifs (C(OH)–C–C–N with tert-alkyl or cyclic N) is 1. The van der Waals surface area contributed by atoms with Crippen LogP contribution < -0.4 is 10.1 Å². The van der Waals surface area contributed by atoms with Crippen molar-refractivity contribution in [3.05, 3.63) is 29.8 Å². The molecule has 21 heavy (non-hydrogen) atoms. The van der Waals surface area contributed by atoms with Gasteiger partial charge in [0.15, 0.2) is 0 Å². The van der Waals surface area contributed by atoms with Gasteiger partial charge < -0.3 is 15.2 Å². The molecule has 1 heterocycles. The molecule has 1 aliphatic heterocycles. The summed E-state index contributed by atoms with van der Waals surface area (Å²) in [5.74, 6) is 0.814. The highest BCUT2D eigenvalue weighted by Gasteiger charge is 2.19. The first-order chi connectivity index (χ1) is 10.2. The molecular weight excluding hydrogens is 268 g/mol. The molecule has 0 bridgehead atoms. The van der Waals surface area contributed by atoms with Crippen LogP contribution in [0.4, 0.5) is 0 Å². The Morgan fingerprint density at radius 3 is 3.14 bits per heavy atom. The van der Waals surface area contributed by atoms with Crippen molar-refractivity contribution in [3.8, 4) is 5.75 Å². The van der Waals surface area contributed by atoms with Crippen LogP contribution in [0.1, 0.15) is 25.3 Å². The van der Waals surface area contributed by atoms with Crippen molar-refractivity contribution in [2.75, 3.05) is 26.2 Å². The summed E-state index contributed by atoms with van der Waals surface area (Å²) in [6, 6.07) is 7.74. The van der Waals surface area contributed by atoms with E-state index in [1.807, 2.05) is 36.1 Å². The van der Waals surface area contributed by atoms with Gasteiger partial charge in [0, 0.05) is 13.1 Å². The number of carbonyl (C=O) groups excluding carboxylic acids is 1. The lowest BCUT2D eigenvalue weighted by Crippen LogP contribution is -2.44. The molecule has 1 aromatic rings. The molecule has 0 aromatic heterocycles. The van der Waals surface area contributed by atoms with Crippen molar-refractivity contribution >= 4 is 5.91 Å². The molecule has 1 fully saturated rings. The Labute approximate surface area is 125 Å². The number of nitrogens with one attached hydrogen (secondary N) is 1. The number of rotatable bonds is 6. The minimum Gasteiger partial charge on any atom is -0.494 e. The van der Waals surface area contributed by atoms with Crippen molar-refractivity contribution < 1.29 is 14.6 Å². The van der Waals surface area contributed by atoms with Gasteiger partial charge >= 0.3 is 0 Å². The Hall–Kier alpha value is -1.59. The summed E-state index contributed by atoms with van der Waals surface area (Å²) in [6.07, 6.45) is 1.49. The number of piperidine rings is 1. The zero-order valence-corrected chi connectivity index (χ0v) is 12.5. The largest absolute Gasteiger partial charge is 0.494 e. The monoisotopic (exact) mass is 292 g/mol. The lowest BCUT2D eigenvalue weighted by Gasteiger charge is -2.29. The summed E-state index contributed by atoms with van der Waals surface area (Å²) in [5.41, 5.74) is 1.02. The lowest BCUT2D eigenvalue weighted by atomic mass is 10.1. The van der Waals surface area contributed by atoms with Crippen molar-refractivity contribution in [3.63, 3.8) is 0 Å². The van der Waals surface area contributed by atoms with Gasteiger partial charge in [0.1, 0.15) is 5.75 Å². The van der Waals surface area contributed by atoms with E-state index in [1.54, 1.807) is 0 Å². The van der Waals surface area contributed by atoms with Gasteiger partial charge in [-0.3, -0.25) is 9.69 Å². The minimum atomic E-state index is -0.297. The summed E-state index contributed by atoms with van der Waals surface area (Å²) in [6.45, 7) is 4.89. The second-order valence-electron chi connectivity index (χ2n) is 5.39. The van der Waals surface area contributed by atoms with Crippen molar-refractivity contribution in [1.82, 2.24) is 10.2 Å². The molecule has 1 atom stereocenters. The molecule has 5 nitrogen and oxygen atoms in total. The Balaban J connectivity index is 1.76. The average molecular weight is 292 g/mol. The first kappa shape index (κ1) is 15.8. The number of hydrogen-bond donors (Lipinski definition) is 2. The molecule has 1 amide bonds. The molecule has 1 saturated heterocycles. The summed E-state index contributed by atoms with van der Waals surface area (Å²) >= 11 is 0. The fourth-order valence-electron chi connectivity index (χ4n) is 2.55. The van der Waals surface area contributed by atoms with Crippen LogP contribution in [0, 0.1) is 0 Å². The van der Waals surface area contributed by atoms with E-state index in [2.05, 4.69) is 5.32 Å². The van der Waals surface area contributed by atoms with Gasteiger partial charge in [0.05, 0.1) is 19.3 Å². The standard InChI is InChI=1S/C16H24N2O3/c1-2-21-15-7-3-5-13(9-15)10-17-16(20)12-18-8-4-6-14(19)11-18/h3,5,7,9,14,19H,2,4,6,8,10-12H2,1H3,(H,17,20). The third-order valence-electron chi connectivity index (χ3n) is 3.55.